The third-order valence-corrected chi connectivity index (χ3v) is 5.56. The van der Waals surface area contributed by atoms with Crippen molar-refractivity contribution in [1.29, 1.82) is 0 Å². The third-order valence-electron chi connectivity index (χ3n) is 5.32. The summed E-state index contributed by atoms with van der Waals surface area (Å²) in [6.07, 6.45) is 2.92. The zero-order valence-electron chi connectivity index (χ0n) is 15.2. The molecule has 0 aliphatic carbocycles. The Labute approximate surface area is 163 Å². The van der Waals surface area contributed by atoms with Gasteiger partial charge in [0.1, 0.15) is 5.82 Å². The van der Waals surface area contributed by atoms with Crippen LogP contribution in [0.3, 0.4) is 0 Å². The van der Waals surface area contributed by atoms with Crippen LogP contribution in [0, 0.1) is 5.92 Å². The second kappa shape index (κ2) is 7.86. The number of rotatable bonds is 4. The molecule has 0 spiro atoms. The van der Waals surface area contributed by atoms with E-state index in [2.05, 4.69) is 15.3 Å². The maximum absolute atomic E-state index is 12.7. The maximum atomic E-state index is 12.7. The molecule has 1 atom stereocenters. The van der Waals surface area contributed by atoms with Gasteiger partial charge in [-0.25, -0.2) is 4.98 Å². The third kappa shape index (κ3) is 4.42. The number of H-pyrrole nitrogens is 1. The van der Waals surface area contributed by atoms with E-state index in [0.717, 1.165) is 55.8 Å². The van der Waals surface area contributed by atoms with Gasteiger partial charge < -0.3 is 15.2 Å². The van der Waals surface area contributed by atoms with Crippen LogP contribution in [-0.2, 0) is 16.0 Å². The molecule has 2 aliphatic rings. The number of aromatic amines is 1. The Bertz CT molecular complexity index is 852. The van der Waals surface area contributed by atoms with Gasteiger partial charge in [0.2, 0.25) is 11.8 Å². The molecule has 0 saturated carbocycles. The number of imidazole rings is 1. The Kier molecular flexibility index (Phi) is 5.31. The van der Waals surface area contributed by atoms with Gasteiger partial charge in [-0.2, -0.15) is 0 Å². The maximum Gasteiger partial charge on any atom is 0.236 e. The first-order valence-electron chi connectivity index (χ1n) is 9.48. The summed E-state index contributed by atoms with van der Waals surface area (Å²) in [5.74, 6) is 1.45. The second-order valence-corrected chi connectivity index (χ2v) is 7.89. The molecule has 27 heavy (non-hydrogen) atoms. The minimum Gasteiger partial charge on any atom is -0.354 e. The van der Waals surface area contributed by atoms with Crippen molar-refractivity contribution in [2.75, 3.05) is 39.3 Å². The lowest BCUT2D eigenvalue weighted by atomic mass is 9.94. The van der Waals surface area contributed by atoms with Crippen molar-refractivity contribution < 1.29 is 9.59 Å². The van der Waals surface area contributed by atoms with E-state index >= 15 is 0 Å². The molecule has 2 aromatic rings. The number of halogens is 1. The molecule has 2 saturated heterocycles. The monoisotopic (exact) mass is 389 g/mol. The largest absolute Gasteiger partial charge is 0.354 e. The van der Waals surface area contributed by atoms with E-state index in [1.54, 1.807) is 0 Å². The summed E-state index contributed by atoms with van der Waals surface area (Å²) in [6.45, 7) is 3.52. The first-order valence-corrected chi connectivity index (χ1v) is 9.85. The Morgan fingerprint density at radius 2 is 2.22 bits per heavy atom. The molecular formula is C19H24ClN5O2. The Hall–Kier alpha value is -2.12. The summed E-state index contributed by atoms with van der Waals surface area (Å²) in [5, 5.41) is 3.48. The minimum atomic E-state index is -0.00411. The Balaban J connectivity index is 1.35. The van der Waals surface area contributed by atoms with Gasteiger partial charge in [-0.15, -0.1) is 0 Å². The lowest BCUT2D eigenvalue weighted by Gasteiger charge is -2.34. The molecular weight excluding hydrogens is 366 g/mol. The van der Waals surface area contributed by atoms with Gasteiger partial charge in [-0.1, -0.05) is 11.6 Å². The van der Waals surface area contributed by atoms with Crippen LogP contribution in [0.1, 0.15) is 18.7 Å². The predicted octanol–water partition coefficient (Wildman–Crippen LogP) is 1.43. The molecule has 0 radical (unpaired) electrons. The van der Waals surface area contributed by atoms with Crippen LogP contribution in [0.5, 0.6) is 0 Å². The number of piperidine rings is 1. The summed E-state index contributed by atoms with van der Waals surface area (Å²) < 4.78 is 0. The molecule has 8 heteroatoms. The lowest BCUT2D eigenvalue weighted by molar-refractivity contribution is -0.135. The molecule has 2 fully saturated rings. The fraction of sp³-hybridized carbons (Fsp3) is 0.526. The first-order chi connectivity index (χ1) is 13.1. The number of benzene rings is 1. The van der Waals surface area contributed by atoms with E-state index in [4.69, 9.17) is 11.6 Å². The number of carbonyl (C=O) groups is 2. The average molecular weight is 390 g/mol. The van der Waals surface area contributed by atoms with Crippen molar-refractivity contribution in [2.24, 2.45) is 5.92 Å². The normalized spacial score (nSPS) is 21.4. The van der Waals surface area contributed by atoms with Crippen LogP contribution < -0.4 is 5.32 Å². The SMILES string of the molecule is O=C1CN(CC(=O)N2CCCC(Cc3nc4ccc(Cl)cc4[nH]3)C2)CCN1. The Morgan fingerprint density at radius 3 is 3.07 bits per heavy atom. The number of piperazine rings is 1. The molecule has 2 aliphatic heterocycles. The van der Waals surface area contributed by atoms with E-state index in [1.165, 1.54) is 0 Å². The number of carbonyl (C=O) groups excluding carboxylic acids is 2. The molecule has 144 valence electrons. The molecule has 2 N–H and O–H groups in total. The van der Waals surface area contributed by atoms with Crippen molar-refractivity contribution in [2.45, 2.75) is 19.3 Å². The fourth-order valence-electron chi connectivity index (χ4n) is 3.98. The number of likely N-dealkylation sites (tertiary alicyclic amines) is 1. The van der Waals surface area contributed by atoms with Crippen LogP contribution in [0.4, 0.5) is 0 Å². The highest BCUT2D eigenvalue weighted by molar-refractivity contribution is 6.31. The van der Waals surface area contributed by atoms with Gasteiger partial charge in [0.25, 0.3) is 0 Å². The number of aromatic nitrogens is 2. The van der Waals surface area contributed by atoms with Gasteiger partial charge in [0.15, 0.2) is 0 Å². The number of fused-ring (bicyclic) bond motifs is 1. The quantitative estimate of drug-likeness (QED) is 0.828. The number of hydrogen-bond donors (Lipinski definition) is 2. The van der Waals surface area contributed by atoms with E-state index in [9.17, 15) is 9.59 Å². The predicted molar refractivity (Wildman–Crippen MR) is 104 cm³/mol. The van der Waals surface area contributed by atoms with Gasteiger partial charge in [-0.3, -0.25) is 14.5 Å². The molecule has 1 unspecified atom stereocenters. The average Bonchev–Trinajstić information content (AvgIpc) is 3.03. The summed E-state index contributed by atoms with van der Waals surface area (Å²) in [7, 11) is 0. The molecule has 1 aromatic heterocycles. The van der Waals surface area contributed by atoms with Crippen molar-refractivity contribution >= 4 is 34.4 Å². The summed E-state index contributed by atoms with van der Waals surface area (Å²) >= 11 is 6.04. The molecule has 7 nitrogen and oxygen atoms in total. The number of nitrogens with zero attached hydrogens (tertiary/aromatic N) is 3. The number of nitrogens with one attached hydrogen (secondary N) is 2. The van der Waals surface area contributed by atoms with Crippen LogP contribution >= 0.6 is 11.6 Å². The van der Waals surface area contributed by atoms with E-state index in [-0.39, 0.29) is 11.8 Å². The lowest BCUT2D eigenvalue weighted by Crippen LogP contribution is -2.52. The fourth-order valence-corrected chi connectivity index (χ4v) is 4.15. The number of hydrogen-bond acceptors (Lipinski definition) is 4. The molecule has 0 bridgehead atoms. The van der Waals surface area contributed by atoms with Crippen molar-refractivity contribution in [3.63, 3.8) is 0 Å². The van der Waals surface area contributed by atoms with Gasteiger partial charge in [0.05, 0.1) is 24.1 Å². The van der Waals surface area contributed by atoms with Gasteiger partial charge in [-0.05, 0) is 37.0 Å². The van der Waals surface area contributed by atoms with E-state index in [0.29, 0.717) is 30.6 Å². The smallest absolute Gasteiger partial charge is 0.236 e. The molecule has 3 heterocycles. The zero-order chi connectivity index (χ0) is 18.8. The summed E-state index contributed by atoms with van der Waals surface area (Å²) in [6, 6.07) is 5.65. The molecule has 1 aromatic carbocycles. The van der Waals surface area contributed by atoms with Gasteiger partial charge >= 0.3 is 0 Å². The highest BCUT2D eigenvalue weighted by atomic mass is 35.5. The van der Waals surface area contributed by atoms with E-state index < -0.39 is 0 Å². The number of amides is 2. The van der Waals surface area contributed by atoms with Crippen LogP contribution in [-0.4, -0.2) is 70.9 Å². The Morgan fingerprint density at radius 1 is 1.33 bits per heavy atom. The first kappa shape index (κ1) is 18.3. The van der Waals surface area contributed by atoms with Crippen LogP contribution in [0.25, 0.3) is 11.0 Å². The van der Waals surface area contributed by atoms with Gasteiger partial charge in [0, 0.05) is 37.6 Å². The second-order valence-electron chi connectivity index (χ2n) is 7.46. The molecule has 2 amide bonds. The minimum absolute atomic E-state index is 0.00411. The van der Waals surface area contributed by atoms with Crippen molar-refractivity contribution in [1.82, 2.24) is 25.1 Å². The standard InChI is InChI=1S/C19H24ClN5O2/c20-14-3-4-15-16(9-14)23-17(22-15)8-13-2-1-6-25(10-13)19(27)12-24-7-5-21-18(26)11-24/h3-4,9,13H,1-2,5-8,10-12H2,(H,21,26)(H,22,23). The topological polar surface area (TPSA) is 81.3 Å². The van der Waals surface area contributed by atoms with Crippen LogP contribution in [0.2, 0.25) is 5.02 Å². The zero-order valence-corrected chi connectivity index (χ0v) is 16.0. The summed E-state index contributed by atoms with van der Waals surface area (Å²) in [4.78, 5) is 36.0. The summed E-state index contributed by atoms with van der Waals surface area (Å²) in [5.41, 5.74) is 1.87. The molecule has 4 rings (SSSR count). The highest BCUT2D eigenvalue weighted by Gasteiger charge is 2.27. The highest BCUT2D eigenvalue weighted by Crippen LogP contribution is 2.23. The van der Waals surface area contributed by atoms with E-state index in [1.807, 2.05) is 28.0 Å². The van der Waals surface area contributed by atoms with Crippen molar-refractivity contribution in [3.8, 4) is 0 Å². The van der Waals surface area contributed by atoms with Crippen LogP contribution in [0.15, 0.2) is 18.2 Å². The van der Waals surface area contributed by atoms with Crippen molar-refractivity contribution in [3.05, 3.63) is 29.0 Å².